The number of pyridine rings is 1. The molecule has 0 bridgehead atoms. The lowest BCUT2D eigenvalue weighted by atomic mass is 9.87. The van der Waals surface area contributed by atoms with Crippen LogP contribution in [-0.4, -0.2) is 39.8 Å². The van der Waals surface area contributed by atoms with Crippen LogP contribution in [0.5, 0.6) is 0 Å². The summed E-state index contributed by atoms with van der Waals surface area (Å²) >= 11 is 6.07. The lowest BCUT2D eigenvalue weighted by Gasteiger charge is -2.29. The van der Waals surface area contributed by atoms with Crippen molar-refractivity contribution in [3.05, 3.63) is 70.6 Å². The van der Waals surface area contributed by atoms with Gasteiger partial charge < -0.3 is 14.6 Å². The molecular formula is C21H21ClN4O. The zero-order chi connectivity index (χ0) is 18.5. The summed E-state index contributed by atoms with van der Waals surface area (Å²) in [5.41, 5.74) is 3.68. The maximum atomic E-state index is 13.4. The van der Waals surface area contributed by atoms with Crippen LogP contribution in [0.2, 0.25) is 5.02 Å². The van der Waals surface area contributed by atoms with Crippen molar-refractivity contribution in [1.82, 2.24) is 19.6 Å². The summed E-state index contributed by atoms with van der Waals surface area (Å²) in [7, 11) is 0. The summed E-state index contributed by atoms with van der Waals surface area (Å²) < 4.78 is 1.82. The lowest BCUT2D eigenvalue weighted by Crippen LogP contribution is -2.35. The highest BCUT2D eigenvalue weighted by Gasteiger charge is 2.47. The van der Waals surface area contributed by atoms with Crippen molar-refractivity contribution in [3.8, 4) is 0 Å². The Morgan fingerprint density at radius 2 is 2.04 bits per heavy atom. The van der Waals surface area contributed by atoms with Crippen LogP contribution in [0.15, 0.2) is 48.8 Å². The lowest BCUT2D eigenvalue weighted by molar-refractivity contribution is 0.0708. The maximum Gasteiger partial charge on any atom is 0.274 e. The molecule has 0 spiro atoms. The smallest absolute Gasteiger partial charge is 0.274 e. The molecule has 5 nitrogen and oxygen atoms in total. The molecule has 2 aliphatic heterocycles. The molecule has 1 N–H and O–H groups in total. The van der Waals surface area contributed by atoms with E-state index in [4.69, 9.17) is 11.6 Å². The van der Waals surface area contributed by atoms with E-state index in [1.165, 1.54) is 11.1 Å². The monoisotopic (exact) mass is 380 g/mol. The third-order valence-electron chi connectivity index (χ3n) is 5.97. The van der Waals surface area contributed by atoms with E-state index in [2.05, 4.69) is 41.5 Å². The van der Waals surface area contributed by atoms with Gasteiger partial charge in [-0.25, -0.2) is 4.98 Å². The highest BCUT2D eigenvalue weighted by Crippen LogP contribution is 2.44. The molecule has 2 saturated heterocycles. The van der Waals surface area contributed by atoms with Crippen LogP contribution >= 0.6 is 11.6 Å². The molecule has 6 heteroatoms. The summed E-state index contributed by atoms with van der Waals surface area (Å²) in [4.78, 5) is 20.0. The van der Waals surface area contributed by atoms with Gasteiger partial charge in [-0.15, -0.1) is 0 Å². The van der Waals surface area contributed by atoms with Crippen LogP contribution in [-0.2, 0) is 0 Å². The van der Waals surface area contributed by atoms with Gasteiger partial charge in [-0.1, -0.05) is 35.9 Å². The summed E-state index contributed by atoms with van der Waals surface area (Å²) in [5, 5.41) is 4.12. The van der Waals surface area contributed by atoms with E-state index in [1.54, 1.807) is 18.5 Å². The Morgan fingerprint density at radius 1 is 1.19 bits per heavy atom. The second kappa shape index (κ2) is 6.36. The second-order valence-corrected chi connectivity index (χ2v) is 8.02. The fraction of sp³-hybridized carbons (Fsp3) is 0.333. The van der Waals surface area contributed by atoms with Gasteiger partial charge in [-0.3, -0.25) is 4.79 Å². The van der Waals surface area contributed by atoms with Gasteiger partial charge in [0.2, 0.25) is 0 Å². The van der Waals surface area contributed by atoms with Crippen molar-refractivity contribution in [3.63, 3.8) is 0 Å². The maximum absolute atomic E-state index is 13.4. The molecule has 0 saturated carbocycles. The van der Waals surface area contributed by atoms with E-state index in [0.717, 1.165) is 25.3 Å². The van der Waals surface area contributed by atoms with Crippen LogP contribution in [0.1, 0.15) is 27.7 Å². The minimum Gasteiger partial charge on any atom is -0.330 e. The number of carbonyl (C=O) groups is 1. The van der Waals surface area contributed by atoms with Crippen LogP contribution in [0.4, 0.5) is 0 Å². The molecule has 1 amide bonds. The van der Waals surface area contributed by atoms with E-state index < -0.39 is 0 Å². The first-order valence-electron chi connectivity index (χ1n) is 9.33. The molecule has 27 heavy (non-hydrogen) atoms. The summed E-state index contributed by atoms with van der Waals surface area (Å²) in [6, 6.07) is 12.1. The van der Waals surface area contributed by atoms with Crippen molar-refractivity contribution in [1.29, 1.82) is 0 Å². The second-order valence-electron chi connectivity index (χ2n) is 7.58. The van der Waals surface area contributed by atoms with Gasteiger partial charge >= 0.3 is 0 Å². The number of aryl methyl sites for hydroxylation is 1. The molecule has 0 unspecified atom stereocenters. The Balaban J connectivity index is 1.55. The topological polar surface area (TPSA) is 49.6 Å². The third-order valence-corrected chi connectivity index (χ3v) is 6.19. The SMILES string of the molecule is Cc1ccccc1[C@@H]1[C@H]2CNC[C@H]2CN1C(=O)c1cn2cc(Cl)ccc2n1. The number of nitrogens with one attached hydrogen (secondary N) is 1. The van der Waals surface area contributed by atoms with Crippen molar-refractivity contribution >= 4 is 23.2 Å². The van der Waals surface area contributed by atoms with Gasteiger partial charge in [0.05, 0.1) is 11.1 Å². The largest absolute Gasteiger partial charge is 0.330 e. The standard InChI is InChI=1S/C21H21ClN4O/c1-13-4-2-3-5-16(13)20-17-9-23-8-14(17)10-26(20)21(27)18-12-25-11-15(22)6-7-19(25)24-18/h2-7,11-12,14,17,20,23H,8-10H2,1H3/t14-,17-,20+/m0/s1. The van der Waals surface area contributed by atoms with Gasteiger partial charge in [0.1, 0.15) is 11.3 Å². The first-order valence-corrected chi connectivity index (χ1v) is 9.71. The Bertz CT molecular complexity index is 1030. The van der Waals surface area contributed by atoms with Crippen LogP contribution in [0.25, 0.3) is 5.65 Å². The number of halogens is 1. The summed E-state index contributed by atoms with van der Waals surface area (Å²) in [6.45, 7) is 4.82. The minimum absolute atomic E-state index is 0.00234. The Morgan fingerprint density at radius 3 is 2.89 bits per heavy atom. The number of aromatic nitrogens is 2. The number of amides is 1. The predicted octanol–water partition coefficient (Wildman–Crippen LogP) is 3.33. The summed E-state index contributed by atoms with van der Waals surface area (Å²) in [5.74, 6) is 0.934. The molecule has 4 heterocycles. The fourth-order valence-electron chi connectivity index (χ4n) is 4.66. The van der Waals surface area contributed by atoms with E-state index in [1.807, 2.05) is 15.4 Å². The molecular weight excluding hydrogens is 360 g/mol. The fourth-order valence-corrected chi connectivity index (χ4v) is 4.83. The van der Waals surface area contributed by atoms with Crippen LogP contribution in [0, 0.1) is 18.8 Å². The Kier molecular flexibility index (Phi) is 3.95. The normalized spacial score (nSPS) is 24.5. The Hall–Kier alpha value is -2.37. The molecule has 0 radical (unpaired) electrons. The Labute approximate surface area is 163 Å². The van der Waals surface area contributed by atoms with E-state index >= 15 is 0 Å². The van der Waals surface area contributed by atoms with Crippen molar-refractivity contribution in [2.45, 2.75) is 13.0 Å². The van der Waals surface area contributed by atoms with Gasteiger partial charge in [0.25, 0.3) is 5.91 Å². The minimum atomic E-state index is -0.00234. The number of imidazole rings is 1. The van der Waals surface area contributed by atoms with Crippen molar-refractivity contribution in [2.75, 3.05) is 19.6 Å². The molecule has 3 aromatic rings. The quantitative estimate of drug-likeness (QED) is 0.741. The molecule has 2 aromatic heterocycles. The highest BCUT2D eigenvalue weighted by atomic mass is 35.5. The number of carbonyl (C=O) groups excluding carboxylic acids is 1. The number of rotatable bonds is 2. The number of nitrogens with zero attached hydrogens (tertiary/aromatic N) is 3. The third kappa shape index (κ3) is 2.73. The zero-order valence-electron chi connectivity index (χ0n) is 15.1. The average Bonchev–Trinajstić information content (AvgIpc) is 3.35. The number of likely N-dealkylation sites (tertiary alicyclic amines) is 1. The van der Waals surface area contributed by atoms with Crippen LogP contribution in [0.3, 0.4) is 0 Å². The molecule has 3 atom stereocenters. The van der Waals surface area contributed by atoms with Crippen molar-refractivity contribution < 1.29 is 4.79 Å². The summed E-state index contributed by atoms with van der Waals surface area (Å²) in [6.07, 6.45) is 3.56. The molecule has 138 valence electrons. The van der Waals surface area contributed by atoms with E-state index in [9.17, 15) is 4.79 Å². The van der Waals surface area contributed by atoms with Crippen molar-refractivity contribution in [2.24, 2.45) is 11.8 Å². The molecule has 2 aliphatic rings. The van der Waals surface area contributed by atoms with Crippen LogP contribution < -0.4 is 5.32 Å². The molecule has 5 rings (SSSR count). The van der Waals surface area contributed by atoms with Gasteiger partial charge in [0, 0.05) is 37.9 Å². The molecule has 2 fully saturated rings. The number of fused-ring (bicyclic) bond motifs is 2. The molecule has 0 aliphatic carbocycles. The zero-order valence-corrected chi connectivity index (χ0v) is 15.9. The molecule has 1 aromatic carbocycles. The predicted molar refractivity (Wildman–Crippen MR) is 105 cm³/mol. The highest BCUT2D eigenvalue weighted by molar-refractivity contribution is 6.30. The first-order chi connectivity index (χ1) is 13.1. The van der Waals surface area contributed by atoms with E-state index in [0.29, 0.717) is 22.6 Å². The average molecular weight is 381 g/mol. The first kappa shape index (κ1) is 16.8. The number of hydrogen-bond donors (Lipinski definition) is 1. The van der Waals surface area contributed by atoms with Gasteiger partial charge in [0.15, 0.2) is 0 Å². The number of benzene rings is 1. The number of hydrogen-bond acceptors (Lipinski definition) is 3. The van der Waals surface area contributed by atoms with Gasteiger partial charge in [-0.05, 0) is 36.1 Å². The van der Waals surface area contributed by atoms with E-state index in [-0.39, 0.29) is 11.9 Å². The van der Waals surface area contributed by atoms with Gasteiger partial charge in [-0.2, -0.15) is 0 Å².